The highest BCUT2D eigenvalue weighted by atomic mass is 16.5. The molecule has 2 aliphatic carbocycles. The third-order valence-electron chi connectivity index (χ3n) is 2.72. The maximum absolute atomic E-state index is 11.0. The lowest BCUT2D eigenvalue weighted by Gasteiger charge is -2.04. The second-order valence-electron chi connectivity index (χ2n) is 3.18. The molecule has 0 amide bonds. The Morgan fingerprint density at radius 3 is 2.50 bits per heavy atom. The van der Waals surface area contributed by atoms with Gasteiger partial charge in [0.05, 0.1) is 12.5 Å². The van der Waals surface area contributed by atoms with E-state index in [-0.39, 0.29) is 5.97 Å². The molecule has 3 atom stereocenters. The zero-order chi connectivity index (χ0) is 7.14. The van der Waals surface area contributed by atoms with Crippen molar-refractivity contribution in [3.8, 4) is 0 Å². The molecule has 2 heteroatoms. The highest BCUT2D eigenvalue weighted by molar-refractivity contribution is 5.77. The highest BCUT2D eigenvalue weighted by Crippen LogP contribution is 2.61. The molecule has 1 unspecified atom stereocenters. The zero-order valence-corrected chi connectivity index (χ0v) is 6.17. The van der Waals surface area contributed by atoms with Crippen LogP contribution in [0.5, 0.6) is 0 Å². The van der Waals surface area contributed by atoms with Crippen molar-refractivity contribution >= 4 is 5.97 Å². The third kappa shape index (κ3) is 0.678. The minimum atomic E-state index is 0.0509. The molecular weight excluding hydrogens is 128 g/mol. The summed E-state index contributed by atoms with van der Waals surface area (Å²) in [6.45, 7) is 2.40. The summed E-state index contributed by atoms with van der Waals surface area (Å²) in [6.07, 6.45) is 2.52. The fourth-order valence-electron chi connectivity index (χ4n) is 1.94. The molecule has 2 aliphatic rings. The van der Waals surface area contributed by atoms with Crippen molar-refractivity contribution in [3.63, 3.8) is 0 Å². The molecule has 0 radical (unpaired) electrons. The molecular formula is C8H12O2. The zero-order valence-electron chi connectivity index (χ0n) is 6.17. The normalized spacial score (nSPS) is 41.5. The first-order valence-corrected chi connectivity index (χ1v) is 4.01. The molecule has 0 aromatic carbocycles. The average Bonchev–Trinajstić information content (AvgIpc) is 2.34. The number of hydrogen-bond acceptors (Lipinski definition) is 2. The van der Waals surface area contributed by atoms with Gasteiger partial charge in [0.2, 0.25) is 0 Å². The molecule has 0 heterocycles. The Hall–Kier alpha value is -0.530. The van der Waals surface area contributed by atoms with E-state index in [2.05, 4.69) is 0 Å². The number of hydrogen-bond donors (Lipinski definition) is 0. The van der Waals surface area contributed by atoms with Crippen LogP contribution in [0.25, 0.3) is 0 Å². The second kappa shape index (κ2) is 1.97. The second-order valence-corrected chi connectivity index (χ2v) is 3.18. The van der Waals surface area contributed by atoms with Crippen LogP contribution in [0.15, 0.2) is 0 Å². The number of rotatable bonds is 2. The molecule has 0 aromatic rings. The van der Waals surface area contributed by atoms with Crippen LogP contribution in [0.2, 0.25) is 0 Å². The largest absolute Gasteiger partial charge is 0.466 e. The topological polar surface area (TPSA) is 26.3 Å². The lowest BCUT2D eigenvalue weighted by molar-refractivity contribution is -0.145. The monoisotopic (exact) mass is 140 g/mol. The van der Waals surface area contributed by atoms with Crippen LogP contribution in [-0.4, -0.2) is 12.6 Å². The van der Waals surface area contributed by atoms with E-state index in [1.807, 2.05) is 6.92 Å². The Kier molecular flexibility index (Phi) is 1.22. The van der Waals surface area contributed by atoms with Crippen LogP contribution in [0, 0.1) is 17.8 Å². The molecule has 56 valence electrons. The van der Waals surface area contributed by atoms with Crippen LogP contribution in [0.4, 0.5) is 0 Å². The van der Waals surface area contributed by atoms with E-state index in [0.717, 1.165) is 11.8 Å². The van der Waals surface area contributed by atoms with Crippen molar-refractivity contribution in [3.05, 3.63) is 0 Å². The first kappa shape index (κ1) is 6.20. The first-order chi connectivity index (χ1) is 4.84. The van der Waals surface area contributed by atoms with Crippen molar-refractivity contribution < 1.29 is 9.53 Å². The summed E-state index contributed by atoms with van der Waals surface area (Å²) >= 11 is 0. The Bertz CT molecular complexity index is 155. The van der Waals surface area contributed by atoms with E-state index in [1.165, 1.54) is 12.8 Å². The SMILES string of the molecule is CCOC(=O)C1[C@H]2CC[C@@H]12. The summed E-state index contributed by atoms with van der Waals surface area (Å²) in [5.74, 6) is 1.80. The molecule has 10 heavy (non-hydrogen) atoms. The van der Waals surface area contributed by atoms with Crippen LogP contribution < -0.4 is 0 Å². The lowest BCUT2D eigenvalue weighted by Crippen LogP contribution is -2.06. The molecule has 0 N–H and O–H groups in total. The smallest absolute Gasteiger partial charge is 0.309 e. The first-order valence-electron chi connectivity index (χ1n) is 4.01. The highest BCUT2D eigenvalue weighted by Gasteiger charge is 2.60. The quantitative estimate of drug-likeness (QED) is 0.539. The standard InChI is InChI=1S/C8H12O2/c1-2-10-8(9)7-5-3-4-6(5)7/h5-7H,2-4H2,1H3/t5-,6+,7?. The van der Waals surface area contributed by atoms with Gasteiger partial charge in [0.25, 0.3) is 0 Å². The predicted octanol–water partition coefficient (Wildman–Crippen LogP) is 1.21. The van der Waals surface area contributed by atoms with Crippen molar-refractivity contribution in [2.45, 2.75) is 19.8 Å². The number of carbonyl (C=O) groups is 1. The summed E-state index contributed by atoms with van der Waals surface area (Å²) in [4.78, 5) is 11.0. The Morgan fingerprint density at radius 2 is 2.10 bits per heavy atom. The van der Waals surface area contributed by atoms with Gasteiger partial charge in [-0.15, -0.1) is 0 Å². The number of fused-ring (bicyclic) bond motifs is 1. The molecule has 0 spiro atoms. The van der Waals surface area contributed by atoms with Crippen LogP contribution >= 0.6 is 0 Å². The van der Waals surface area contributed by atoms with Gasteiger partial charge in [0.15, 0.2) is 0 Å². The third-order valence-corrected chi connectivity index (χ3v) is 2.72. The predicted molar refractivity (Wildman–Crippen MR) is 36.3 cm³/mol. The molecule has 2 nitrogen and oxygen atoms in total. The van der Waals surface area contributed by atoms with Gasteiger partial charge in [-0.3, -0.25) is 4.79 Å². The van der Waals surface area contributed by atoms with Crippen LogP contribution in [-0.2, 0) is 9.53 Å². The van der Waals surface area contributed by atoms with Gasteiger partial charge in [0, 0.05) is 0 Å². The molecule has 2 saturated carbocycles. The van der Waals surface area contributed by atoms with Crippen LogP contribution in [0.1, 0.15) is 19.8 Å². The summed E-state index contributed by atoms with van der Waals surface area (Å²) in [7, 11) is 0. The summed E-state index contributed by atoms with van der Waals surface area (Å²) in [6, 6.07) is 0. The van der Waals surface area contributed by atoms with Crippen molar-refractivity contribution in [2.75, 3.05) is 6.61 Å². The molecule has 0 aromatic heterocycles. The summed E-state index contributed by atoms with van der Waals surface area (Å²) in [5.41, 5.74) is 0. The van der Waals surface area contributed by atoms with Gasteiger partial charge >= 0.3 is 5.97 Å². The van der Waals surface area contributed by atoms with Crippen molar-refractivity contribution in [2.24, 2.45) is 17.8 Å². The number of esters is 1. The van der Waals surface area contributed by atoms with Gasteiger partial charge in [0.1, 0.15) is 0 Å². The average molecular weight is 140 g/mol. The lowest BCUT2D eigenvalue weighted by atomic mass is 10.0. The molecule has 0 bridgehead atoms. The minimum Gasteiger partial charge on any atom is -0.466 e. The maximum Gasteiger partial charge on any atom is 0.309 e. The van der Waals surface area contributed by atoms with E-state index >= 15 is 0 Å². The molecule has 0 aliphatic heterocycles. The maximum atomic E-state index is 11.0. The minimum absolute atomic E-state index is 0.0509. The van der Waals surface area contributed by atoms with E-state index in [9.17, 15) is 4.79 Å². The van der Waals surface area contributed by atoms with Gasteiger partial charge in [-0.25, -0.2) is 0 Å². The summed E-state index contributed by atoms with van der Waals surface area (Å²) < 4.78 is 4.91. The fourth-order valence-corrected chi connectivity index (χ4v) is 1.94. The number of ether oxygens (including phenoxy) is 1. The van der Waals surface area contributed by atoms with E-state index in [1.54, 1.807) is 0 Å². The van der Waals surface area contributed by atoms with E-state index in [4.69, 9.17) is 4.74 Å². The van der Waals surface area contributed by atoms with E-state index < -0.39 is 0 Å². The van der Waals surface area contributed by atoms with Gasteiger partial charge < -0.3 is 4.74 Å². The number of carbonyl (C=O) groups excluding carboxylic acids is 1. The molecule has 2 rings (SSSR count). The van der Waals surface area contributed by atoms with Gasteiger partial charge in [-0.05, 0) is 31.6 Å². The van der Waals surface area contributed by atoms with Crippen molar-refractivity contribution in [1.82, 2.24) is 0 Å². The Morgan fingerprint density at radius 1 is 1.50 bits per heavy atom. The molecule has 0 saturated heterocycles. The van der Waals surface area contributed by atoms with Gasteiger partial charge in [-0.2, -0.15) is 0 Å². The van der Waals surface area contributed by atoms with Crippen LogP contribution in [0.3, 0.4) is 0 Å². The Balaban J connectivity index is 1.84. The molecule has 2 fully saturated rings. The summed E-state index contributed by atoms with van der Waals surface area (Å²) in [5, 5.41) is 0. The van der Waals surface area contributed by atoms with E-state index in [0.29, 0.717) is 12.5 Å². The Labute approximate surface area is 60.6 Å². The van der Waals surface area contributed by atoms with Gasteiger partial charge in [-0.1, -0.05) is 0 Å². The fraction of sp³-hybridized carbons (Fsp3) is 0.875. The van der Waals surface area contributed by atoms with Crippen molar-refractivity contribution in [1.29, 1.82) is 0 Å².